The van der Waals surface area contributed by atoms with Crippen molar-refractivity contribution in [1.29, 1.82) is 0 Å². The van der Waals surface area contributed by atoms with E-state index < -0.39 is 0 Å². The summed E-state index contributed by atoms with van der Waals surface area (Å²) in [6.07, 6.45) is 3.60. The molecule has 0 aliphatic rings. The number of aliphatic hydroxyl groups excluding tert-OH is 1. The van der Waals surface area contributed by atoms with Gasteiger partial charge in [0.1, 0.15) is 0 Å². The molecule has 12 heavy (non-hydrogen) atoms. The second kappa shape index (κ2) is 22.6. The maximum absolute atomic E-state index is 8.23. The van der Waals surface area contributed by atoms with E-state index in [1.807, 2.05) is 0 Å². The Morgan fingerprint density at radius 2 is 1.92 bits per heavy atom. The van der Waals surface area contributed by atoms with Gasteiger partial charge >= 0.3 is 0 Å². The van der Waals surface area contributed by atoms with Crippen LogP contribution < -0.4 is 0 Å². The van der Waals surface area contributed by atoms with E-state index in [4.69, 9.17) is 14.6 Å². The van der Waals surface area contributed by atoms with Crippen molar-refractivity contribution in [1.82, 2.24) is 0 Å². The summed E-state index contributed by atoms with van der Waals surface area (Å²) >= 11 is 0. The fourth-order valence-corrected chi connectivity index (χ4v) is 0.481. The van der Waals surface area contributed by atoms with Crippen molar-refractivity contribution in [3.05, 3.63) is 14.0 Å². The largest absolute Gasteiger partial charge is 0.569 e. The number of hydrogen-bond donors (Lipinski definition) is 1. The summed E-state index contributed by atoms with van der Waals surface area (Å²) in [4.78, 5) is 8.23. The quantitative estimate of drug-likeness (QED) is 0.334. The molecule has 0 amide bonds. The zero-order valence-corrected chi connectivity index (χ0v) is 10.2. The van der Waals surface area contributed by atoms with Crippen LogP contribution in [0.4, 0.5) is 0 Å². The van der Waals surface area contributed by atoms with E-state index in [1.165, 1.54) is 0 Å². The average Bonchev–Trinajstić information content (AvgIpc) is 2.08. The molecule has 0 saturated carbocycles. The summed E-state index contributed by atoms with van der Waals surface area (Å²) in [5, 5.41) is 6.75. The van der Waals surface area contributed by atoms with Crippen LogP contribution in [0.25, 0.3) is 0 Å². The topological polar surface area (TPSA) is 50.9 Å². The molecule has 0 rings (SSSR count). The van der Waals surface area contributed by atoms with Gasteiger partial charge in [-0.1, -0.05) is 0 Å². The zero-order chi connectivity index (χ0) is 8.95. The van der Waals surface area contributed by atoms with Gasteiger partial charge in [0.2, 0.25) is 0 Å². The molecular formula is C8H17O3Y-. The molecule has 2 N–H and O–H groups in total. The van der Waals surface area contributed by atoms with Crippen LogP contribution in [0.2, 0.25) is 0 Å². The van der Waals surface area contributed by atoms with Gasteiger partial charge in [0, 0.05) is 45.9 Å². The van der Waals surface area contributed by atoms with E-state index in [2.05, 4.69) is 14.0 Å². The van der Waals surface area contributed by atoms with Crippen LogP contribution in [0.15, 0.2) is 0 Å². The molecule has 0 aromatic heterocycles. The number of rotatable bonds is 6. The molecule has 0 aromatic rings. The van der Waals surface area contributed by atoms with Gasteiger partial charge < -0.3 is 16.8 Å². The first-order valence-electron chi connectivity index (χ1n) is 3.56. The predicted molar refractivity (Wildman–Crippen MR) is 45.3 cm³/mol. The van der Waals surface area contributed by atoms with E-state index in [0.717, 1.165) is 38.8 Å². The Labute approximate surface area is 99.8 Å². The molecule has 0 atom stereocenters. The predicted octanol–water partition coefficient (Wildman–Crippen LogP) is 1.33. The van der Waals surface area contributed by atoms with Crippen LogP contribution in [0, 0.1) is 14.0 Å². The third-order valence-electron chi connectivity index (χ3n) is 0.911. The molecule has 0 aromatic carbocycles. The van der Waals surface area contributed by atoms with Gasteiger partial charge in [-0.15, -0.1) is 0 Å². The standard InChI is InChI=1S/C7H13O2.CH3O.Y/c1-2-6-9-7-4-3-5-8;1-2;/h5H,1-4,6-7H2;2H,1H2;/q2*-1;/p+1. The Morgan fingerprint density at radius 1 is 1.33 bits per heavy atom. The number of aldehydes is 1. The molecule has 1 radical (unpaired) electrons. The van der Waals surface area contributed by atoms with Crippen molar-refractivity contribution in [2.75, 3.05) is 13.2 Å². The summed E-state index contributed by atoms with van der Waals surface area (Å²) in [5.74, 6) is 0. The van der Waals surface area contributed by atoms with E-state index in [0.29, 0.717) is 0 Å². The SMILES string of the molecule is [CH2-]CCOCCCC=[OH+].[CH2-]O.[Y]. The molecular weight excluding hydrogens is 233 g/mol. The maximum atomic E-state index is 8.23. The van der Waals surface area contributed by atoms with Gasteiger partial charge in [0.25, 0.3) is 6.29 Å². The Morgan fingerprint density at radius 3 is 2.33 bits per heavy atom. The molecule has 0 spiro atoms. The molecule has 3 nitrogen and oxygen atoms in total. The Balaban J connectivity index is -0.000000249. The summed E-state index contributed by atoms with van der Waals surface area (Å²) in [7, 11) is 2.25. The summed E-state index contributed by atoms with van der Waals surface area (Å²) in [6.45, 7) is 5.08. The number of unbranched alkanes of at least 4 members (excludes halogenated alkanes) is 1. The van der Waals surface area contributed by atoms with E-state index in [1.54, 1.807) is 0 Å². The molecule has 0 fully saturated rings. The van der Waals surface area contributed by atoms with Gasteiger partial charge in [-0.3, -0.25) is 4.79 Å². The molecule has 0 saturated heterocycles. The van der Waals surface area contributed by atoms with E-state index in [9.17, 15) is 0 Å². The maximum Gasteiger partial charge on any atom is 0.281 e. The summed E-state index contributed by atoms with van der Waals surface area (Å²) < 4.78 is 5.09. The minimum Gasteiger partial charge on any atom is -0.569 e. The fraction of sp³-hybridized carbons (Fsp3) is 0.625. The van der Waals surface area contributed by atoms with Gasteiger partial charge in [-0.05, 0) is 6.42 Å². The summed E-state index contributed by atoms with van der Waals surface area (Å²) in [6, 6.07) is 0. The van der Waals surface area contributed by atoms with Crippen molar-refractivity contribution in [2.24, 2.45) is 0 Å². The van der Waals surface area contributed by atoms with Gasteiger partial charge in [0.15, 0.2) is 0 Å². The van der Waals surface area contributed by atoms with Gasteiger partial charge in [0.05, 0.1) is 6.42 Å². The van der Waals surface area contributed by atoms with Crippen LogP contribution in [0.1, 0.15) is 19.3 Å². The van der Waals surface area contributed by atoms with Gasteiger partial charge in [-0.25, -0.2) is 7.11 Å². The monoisotopic (exact) mass is 250 g/mol. The molecule has 0 aliphatic heterocycles. The average molecular weight is 250 g/mol. The minimum absolute atomic E-state index is 0. The normalized spacial score (nSPS) is 7.58. The first-order valence-corrected chi connectivity index (χ1v) is 3.56. The third-order valence-corrected chi connectivity index (χ3v) is 0.911. The van der Waals surface area contributed by atoms with Crippen LogP contribution in [0.3, 0.4) is 0 Å². The minimum atomic E-state index is 0. The van der Waals surface area contributed by atoms with Crippen LogP contribution in [-0.2, 0) is 37.4 Å². The molecule has 0 unspecified atom stereocenters. The van der Waals surface area contributed by atoms with Crippen LogP contribution >= 0.6 is 0 Å². The van der Waals surface area contributed by atoms with Crippen molar-refractivity contribution in [3.8, 4) is 0 Å². The van der Waals surface area contributed by atoms with E-state index in [-0.39, 0.29) is 32.7 Å². The van der Waals surface area contributed by atoms with Crippen LogP contribution in [-0.4, -0.2) is 29.4 Å². The van der Waals surface area contributed by atoms with Crippen molar-refractivity contribution in [2.45, 2.75) is 19.3 Å². The number of carbonyl (C=O) groups excluding carboxylic acids is 1. The fourth-order valence-electron chi connectivity index (χ4n) is 0.481. The Bertz CT molecular complexity index is 69.3. The molecule has 0 heterocycles. The molecule has 4 heteroatoms. The smallest absolute Gasteiger partial charge is 0.281 e. The third kappa shape index (κ3) is 22.4. The number of hydrogen-bond acceptors (Lipinski definition) is 2. The van der Waals surface area contributed by atoms with Crippen LogP contribution in [0.5, 0.6) is 0 Å². The second-order valence-electron chi connectivity index (χ2n) is 1.79. The van der Waals surface area contributed by atoms with Crippen molar-refractivity contribution >= 4 is 6.29 Å². The molecule has 0 aliphatic carbocycles. The van der Waals surface area contributed by atoms with Gasteiger partial charge in [-0.2, -0.15) is 6.42 Å². The summed E-state index contributed by atoms with van der Waals surface area (Å²) in [5.41, 5.74) is 0. The number of ether oxygens (including phenoxy) is 1. The Hall–Kier alpha value is 0.694. The Kier molecular flexibility index (Phi) is 34.8. The zero-order valence-electron chi connectivity index (χ0n) is 7.41. The van der Waals surface area contributed by atoms with Crippen molar-refractivity contribution in [3.63, 3.8) is 0 Å². The molecule has 71 valence electrons. The first kappa shape index (κ1) is 18.5. The number of aliphatic hydroxyl groups is 1. The van der Waals surface area contributed by atoms with E-state index >= 15 is 0 Å². The second-order valence-corrected chi connectivity index (χ2v) is 1.79. The molecule has 0 bridgehead atoms. The first-order chi connectivity index (χ1) is 5.41. The van der Waals surface area contributed by atoms with Crippen molar-refractivity contribution < 1.29 is 47.3 Å².